The van der Waals surface area contributed by atoms with E-state index in [1.54, 1.807) is 14.2 Å². The van der Waals surface area contributed by atoms with Gasteiger partial charge in [0.2, 0.25) is 0 Å². The second-order valence-electron chi connectivity index (χ2n) is 2.26. The maximum atomic E-state index is 10.8. The predicted molar refractivity (Wildman–Crippen MR) is 46.6 cm³/mol. The Morgan fingerprint density at radius 3 is 2.73 bits per heavy atom. The zero-order valence-corrected chi connectivity index (χ0v) is 7.89. The molecule has 0 aliphatic heterocycles. The summed E-state index contributed by atoms with van der Waals surface area (Å²) in [5, 5.41) is 2.62. The first-order valence-electron chi connectivity index (χ1n) is 3.31. The van der Waals surface area contributed by atoms with E-state index in [0.29, 0.717) is 6.54 Å². The van der Waals surface area contributed by atoms with Gasteiger partial charge in [-0.3, -0.25) is 4.31 Å². The first-order chi connectivity index (χ1) is 5.07. The van der Waals surface area contributed by atoms with E-state index in [9.17, 15) is 4.79 Å². The SMILES string of the molecule is COC(C)CNC(=O)N(C)S. The number of hydrogen-bond acceptors (Lipinski definition) is 3. The van der Waals surface area contributed by atoms with Crippen molar-refractivity contribution >= 4 is 18.8 Å². The van der Waals surface area contributed by atoms with Gasteiger partial charge >= 0.3 is 6.03 Å². The molecule has 0 radical (unpaired) electrons. The number of amides is 2. The van der Waals surface area contributed by atoms with Gasteiger partial charge < -0.3 is 10.1 Å². The summed E-state index contributed by atoms with van der Waals surface area (Å²) < 4.78 is 6.11. The highest BCUT2D eigenvalue weighted by Gasteiger charge is 2.05. The van der Waals surface area contributed by atoms with Crippen molar-refractivity contribution in [1.29, 1.82) is 0 Å². The van der Waals surface area contributed by atoms with Crippen molar-refractivity contribution in [2.75, 3.05) is 20.7 Å². The minimum Gasteiger partial charge on any atom is -0.380 e. The van der Waals surface area contributed by atoms with Crippen LogP contribution in [0.25, 0.3) is 0 Å². The quantitative estimate of drug-likeness (QED) is 0.618. The Labute approximate surface area is 72.4 Å². The van der Waals surface area contributed by atoms with Crippen LogP contribution < -0.4 is 5.32 Å². The molecule has 0 fully saturated rings. The summed E-state index contributed by atoms with van der Waals surface area (Å²) in [5.74, 6) is 0. The molecule has 1 atom stereocenters. The number of rotatable bonds is 3. The van der Waals surface area contributed by atoms with Crippen molar-refractivity contribution in [3.63, 3.8) is 0 Å². The molecule has 0 aromatic rings. The van der Waals surface area contributed by atoms with Crippen molar-refractivity contribution in [2.24, 2.45) is 0 Å². The number of nitrogens with zero attached hydrogens (tertiary/aromatic N) is 1. The fourth-order valence-electron chi connectivity index (χ4n) is 0.429. The molecule has 2 amide bonds. The predicted octanol–water partition coefficient (Wildman–Crippen LogP) is 0.508. The number of urea groups is 1. The van der Waals surface area contributed by atoms with E-state index in [4.69, 9.17) is 4.74 Å². The van der Waals surface area contributed by atoms with E-state index in [2.05, 4.69) is 18.1 Å². The van der Waals surface area contributed by atoms with Gasteiger partial charge in [0.05, 0.1) is 6.10 Å². The van der Waals surface area contributed by atoms with Gasteiger partial charge in [0.1, 0.15) is 0 Å². The molecule has 0 aromatic carbocycles. The minimum atomic E-state index is -0.225. The largest absolute Gasteiger partial charge is 0.380 e. The third-order valence-electron chi connectivity index (χ3n) is 1.24. The Balaban J connectivity index is 3.46. The summed E-state index contributed by atoms with van der Waals surface area (Å²) in [4.78, 5) is 10.8. The first kappa shape index (κ1) is 10.6. The van der Waals surface area contributed by atoms with Crippen molar-refractivity contribution in [3.05, 3.63) is 0 Å². The number of carbonyl (C=O) groups excluding carboxylic acids is 1. The smallest absolute Gasteiger partial charge is 0.327 e. The average Bonchev–Trinajstić information content (AvgIpc) is 1.99. The van der Waals surface area contributed by atoms with Crippen LogP contribution in [0.15, 0.2) is 0 Å². The number of thiol groups is 1. The molecule has 4 nitrogen and oxygen atoms in total. The van der Waals surface area contributed by atoms with Gasteiger partial charge in [0, 0.05) is 20.7 Å². The topological polar surface area (TPSA) is 41.6 Å². The number of hydrogen-bond donors (Lipinski definition) is 2. The Hall–Kier alpha value is -0.420. The van der Waals surface area contributed by atoms with Crippen LogP contribution in [0.5, 0.6) is 0 Å². The summed E-state index contributed by atoms with van der Waals surface area (Å²) >= 11 is 3.81. The fraction of sp³-hybridized carbons (Fsp3) is 0.833. The van der Waals surface area contributed by atoms with E-state index in [0.717, 1.165) is 0 Å². The highest BCUT2D eigenvalue weighted by Crippen LogP contribution is 1.89. The molecule has 0 heterocycles. The average molecular weight is 178 g/mol. The normalized spacial score (nSPS) is 12.4. The molecule has 0 rings (SSSR count). The Kier molecular flexibility index (Phi) is 5.06. The molecule has 5 heteroatoms. The molecule has 1 unspecified atom stereocenters. The zero-order chi connectivity index (χ0) is 8.85. The van der Waals surface area contributed by atoms with Crippen molar-refractivity contribution in [3.8, 4) is 0 Å². The molecule has 0 aromatic heterocycles. The Morgan fingerprint density at radius 2 is 2.36 bits per heavy atom. The molecule has 66 valence electrons. The van der Waals surface area contributed by atoms with E-state index in [-0.39, 0.29) is 12.1 Å². The molecule has 11 heavy (non-hydrogen) atoms. The summed E-state index contributed by atoms with van der Waals surface area (Å²) in [6, 6.07) is -0.225. The van der Waals surface area contributed by atoms with Crippen LogP contribution in [0.3, 0.4) is 0 Å². The second-order valence-corrected chi connectivity index (χ2v) is 2.86. The lowest BCUT2D eigenvalue weighted by Crippen LogP contribution is -2.36. The second kappa shape index (κ2) is 5.26. The lowest BCUT2D eigenvalue weighted by atomic mass is 10.4. The van der Waals surface area contributed by atoms with Crippen LogP contribution in [-0.4, -0.2) is 37.1 Å². The molecular weight excluding hydrogens is 164 g/mol. The van der Waals surface area contributed by atoms with Crippen molar-refractivity contribution < 1.29 is 9.53 Å². The van der Waals surface area contributed by atoms with E-state index in [1.165, 1.54) is 4.31 Å². The van der Waals surface area contributed by atoms with Gasteiger partial charge in [0.15, 0.2) is 0 Å². The third kappa shape index (κ3) is 4.92. The van der Waals surface area contributed by atoms with Gasteiger partial charge in [-0.05, 0) is 6.92 Å². The van der Waals surface area contributed by atoms with Gasteiger partial charge in [-0.1, -0.05) is 12.8 Å². The Morgan fingerprint density at radius 1 is 1.82 bits per heavy atom. The van der Waals surface area contributed by atoms with E-state index < -0.39 is 0 Å². The maximum absolute atomic E-state index is 10.8. The number of methoxy groups -OCH3 is 1. The van der Waals surface area contributed by atoms with Crippen LogP contribution >= 0.6 is 12.8 Å². The highest BCUT2D eigenvalue weighted by molar-refractivity contribution is 7.78. The molecule has 0 saturated heterocycles. The number of carbonyl (C=O) groups is 1. The van der Waals surface area contributed by atoms with E-state index >= 15 is 0 Å². The highest BCUT2D eigenvalue weighted by atomic mass is 32.1. The molecule has 0 spiro atoms. The molecule has 0 saturated carbocycles. The van der Waals surface area contributed by atoms with Gasteiger partial charge in [-0.2, -0.15) is 0 Å². The summed E-state index contributed by atoms with van der Waals surface area (Å²) in [6.45, 7) is 2.37. The van der Waals surface area contributed by atoms with Crippen molar-refractivity contribution in [2.45, 2.75) is 13.0 Å². The number of ether oxygens (including phenoxy) is 1. The van der Waals surface area contributed by atoms with Crippen LogP contribution in [-0.2, 0) is 4.74 Å². The lowest BCUT2D eigenvalue weighted by molar-refractivity contribution is 0.118. The van der Waals surface area contributed by atoms with Crippen LogP contribution in [0, 0.1) is 0 Å². The zero-order valence-electron chi connectivity index (χ0n) is 7.00. The summed E-state index contributed by atoms with van der Waals surface area (Å²) in [6.07, 6.45) is 0.0345. The summed E-state index contributed by atoms with van der Waals surface area (Å²) in [5.41, 5.74) is 0. The fourth-order valence-corrected chi connectivity index (χ4v) is 0.499. The third-order valence-corrected chi connectivity index (χ3v) is 1.42. The standard InChI is InChI=1S/C6H14N2O2S/c1-5(10-3)4-7-6(9)8(2)11/h5,11H,4H2,1-3H3,(H,7,9). The van der Waals surface area contributed by atoms with Crippen LogP contribution in [0.4, 0.5) is 4.79 Å². The Bertz CT molecular complexity index is 130. The molecule has 0 aliphatic rings. The maximum Gasteiger partial charge on any atom is 0.327 e. The minimum absolute atomic E-state index is 0.0345. The molecule has 0 aliphatic carbocycles. The van der Waals surface area contributed by atoms with Gasteiger partial charge in [-0.25, -0.2) is 4.79 Å². The van der Waals surface area contributed by atoms with Gasteiger partial charge in [0.25, 0.3) is 0 Å². The summed E-state index contributed by atoms with van der Waals surface area (Å²) in [7, 11) is 3.16. The molecule has 1 N–H and O–H groups in total. The lowest BCUT2D eigenvalue weighted by Gasteiger charge is -2.13. The van der Waals surface area contributed by atoms with E-state index in [1.807, 2.05) is 6.92 Å². The van der Waals surface area contributed by atoms with Crippen LogP contribution in [0.1, 0.15) is 6.92 Å². The molecule has 0 bridgehead atoms. The van der Waals surface area contributed by atoms with Crippen molar-refractivity contribution in [1.82, 2.24) is 9.62 Å². The monoisotopic (exact) mass is 178 g/mol. The number of nitrogens with one attached hydrogen (secondary N) is 1. The molecular formula is C6H14N2O2S. The first-order valence-corrected chi connectivity index (χ1v) is 3.71. The van der Waals surface area contributed by atoms with Gasteiger partial charge in [-0.15, -0.1) is 0 Å². The van der Waals surface area contributed by atoms with Crippen LogP contribution in [0.2, 0.25) is 0 Å².